The van der Waals surface area contributed by atoms with E-state index >= 15 is 0 Å². The molecule has 1 aliphatic rings. The number of rotatable bonds is 7. The zero-order valence-electron chi connectivity index (χ0n) is 18.5. The number of aryl methyl sites for hydroxylation is 1. The van der Waals surface area contributed by atoms with E-state index in [4.69, 9.17) is 4.74 Å². The topological polar surface area (TPSA) is 73.9 Å². The highest BCUT2D eigenvalue weighted by Crippen LogP contribution is 2.34. The van der Waals surface area contributed by atoms with Gasteiger partial charge in [0.2, 0.25) is 11.8 Å². The third-order valence-corrected chi connectivity index (χ3v) is 5.33. The van der Waals surface area contributed by atoms with Crippen molar-refractivity contribution in [2.45, 2.75) is 13.1 Å². The van der Waals surface area contributed by atoms with Crippen LogP contribution in [0.1, 0.15) is 11.1 Å². The molecule has 2 N–H and O–H groups in total. The molecule has 2 amide bonds. The summed E-state index contributed by atoms with van der Waals surface area (Å²) in [5, 5.41) is 5.22. The molecule has 1 fully saturated rings. The zero-order chi connectivity index (χ0) is 24.0. The van der Waals surface area contributed by atoms with Gasteiger partial charge in [-0.15, -0.1) is 0 Å². The Bertz CT molecular complexity index is 989. The molecule has 3 rings (SSSR count). The second kappa shape index (κ2) is 10.7. The van der Waals surface area contributed by atoms with Crippen molar-refractivity contribution in [1.29, 1.82) is 0 Å². The summed E-state index contributed by atoms with van der Waals surface area (Å²) >= 11 is 0. The Balaban J connectivity index is 1.46. The number of nitrogens with zero attached hydrogens (tertiary/aromatic N) is 2. The summed E-state index contributed by atoms with van der Waals surface area (Å²) in [4.78, 5) is 28.6. The van der Waals surface area contributed by atoms with Crippen LogP contribution in [0.2, 0.25) is 0 Å². The van der Waals surface area contributed by atoms with Crippen molar-refractivity contribution in [3.63, 3.8) is 0 Å². The van der Waals surface area contributed by atoms with Crippen molar-refractivity contribution in [3.8, 4) is 5.75 Å². The summed E-state index contributed by atoms with van der Waals surface area (Å²) in [6.07, 6.45) is -4.54. The molecule has 1 saturated heterocycles. The number of anilines is 2. The summed E-state index contributed by atoms with van der Waals surface area (Å²) < 4.78 is 44.6. The minimum atomic E-state index is -4.54. The van der Waals surface area contributed by atoms with Gasteiger partial charge in [0.1, 0.15) is 5.75 Å². The molecule has 0 aromatic heterocycles. The number of ether oxygens (including phenoxy) is 1. The van der Waals surface area contributed by atoms with Gasteiger partial charge in [-0.25, -0.2) is 0 Å². The molecule has 0 spiro atoms. The molecule has 0 saturated carbocycles. The molecule has 1 heterocycles. The number of nitrogens with one attached hydrogen (secondary N) is 2. The third kappa shape index (κ3) is 6.93. The van der Waals surface area contributed by atoms with E-state index in [1.54, 1.807) is 6.07 Å². The highest BCUT2D eigenvalue weighted by atomic mass is 19.4. The molecule has 7 nitrogen and oxygen atoms in total. The first-order valence-corrected chi connectivity index (χ1v) is 10.5. The number of hydrogen-bond donors (Lipinski definition) is 2. The second-order valence-corrected chi connectivity index (χ2v) is 7.90. The fourth-order valence-corrected chi connectivity index (χ4v) is 3.65. The number of amides is 2. The number of carbonyl (C=O) groups is 2. The maximum absolute atomic E-state index is 13.1. The molecule has 33 heavy (non-hydrogen) atoms. The largest absolute Gasteiger partial charge is 0.495 e. The molecule has 0 bridgehead atoms. The standard InChI is InChI=1S/C23H27F3N4O3/c1-16-7-8-20(33-2)19(13-16)28-22(32)15-30-11-9-29(10-12-30)14-21(31)27-18-6-4-3-5-17(18)23(24,25)26/h3-8,13H,9-12,14-15H2,1-2H3,(H,27,31)(H,28,32). The minimum absolute atomic E-state index is 0.0211. The lowest BCUT2D eigenvalue weighted by atomic mass is 10.1. The monoisotopic (exact) mass is 464 g/mol. The molecule has 1 aliphatic heterocycles. The van der Waals surface area contributed by atoms with Crippen molar-refractivity contribution in [2.24, 2.45) is 0 Å². The van der Waals surface area contributed by atoms with Crippen LogP contribution in [0.15, 0.2) is 42.5 Å². The Hall–Kier alpha value is -3.11. The zero-order valence-corrected chi connectivity index (χ0v) is 18.5. The van der Waals surface area contributed by atoms with Crippen LogP contribution >= 0.6 is 0 Å². The molecule has 178 valence electrons. The molecule has 0 aliphatic carbocycles. The fraction of sp³-hybridized carbons (Fsp3) is 0.391. The van der Waals surface area contributed by atoms with Crippen molar-refractivity contribution < 1.29 is 27.5 Å². The predicted octanol–water partition coefficient (Wildman–Crippen LogP) is 3.22. The number of hydrogen-bond acceptors (Lipinski definition) is 5. The van der Waals surface area contributed by atoms with Crippen LogP contribution in [0.25, 0.3) is 0 Å². The molecular formula is C23H27F3N4O3. The van der Waals surface area contributed by atoms with Crippen molar-refractivity contribution >= 4 is 23.2 Å². The Morgan fingerprint density at radius 3 is 2.00 bits per heavy atom. The first-order valence-electron chi connectivity index (χ1n) is 10.5. The first-order chi connectivity index (χ1) is 15.7. The van der Waals surface area contributed by atoms with Gasteiger partial charge in [0.05, 0.1) is 37.1 Å². The summed E-state index contributed by atoms with van der Waals surface area (Å²) in [5.41, 5.74) is 0.476. The van der Waals surface area contributed by atoms with Crippen LogP contribution in [0, 0.1) is 6.92 Å². The Morgan fingerprint density at radius 1 is 0.909 bits per heavy atom. The lowest BCUT2D eigenvalue weighted by Crippen LogP contribution is -2.50. The number of carbonyl (C=O) groups excluding carboxylic acids is 2. The SMILES string of the molecule is COc1ccc(C)cc1NC(=O)CN1CCN(CC(=O)Nc2ccccc2C(F)(F)F)CC1. The van der Waals surface area contributed by atoms with Crippen LogP contribution in [0.4, 0.5) is 24.5 Å². The molecular weight excluding hydrogens is 437 g/mol. The summed E-state index contributed by atoms with van der Waals surface area (Å²) in [6, 6.07) is 10.4. The first kappa shape index (κ1) is 24.5. The molecule has 0 radical (unpaired) electrons. The highest BCUT2D eigenvalue weighted by molar-refractivity contribution is 5.94. The van der Waals surface area contributed by atoms with Gasteiger partial charge in [-0.05, 0) is 36.8 Å². The van der Waals surface area contributed by atoms with Crippen molar-refractivity contribution in [2.75, 3.05) is 57.0 Å². The van der Waals surface area contributed by atoms with E-state index in [2.05, 4.69) is 10.6 Å². The Kier molecular flexibility index (Phi) is 7.93. The highest BCUT2D eigenvalue weighted by Gasteiger charge is 2.33. The number of alkyl halides is 3. The summed E-state index contributed by atoms with van der Waals surface area (Å²) in [5.74, 6) is -0.102. The van der Waals surface area contributed by atoms with Gasteiger partial charge < -0.3 is 15.4 Å². The summed E-state index contributed by atoms with van der Waals surface area (Å²) in [7, 11) is 1.54. The Morgan fingerprint density at radius 2 is 1.45 bits per heavy atom. The maximum Gasteiger partial charge on any atom is 0.418 e. The number of para-hydroxylation sites is 1. The molecule has 10 heteroatoms. The van der Waals surface area contributed by atoms with Gasteiger partial charge in [0.25, 0.3) is 0 Å². The molecule has 2 aromatic carbocycles. The number of halogens is 3. The fourth-order valence-electron chi connectivity index (χ4n) is 3.65. The average molecular weight is 464 g/mol. The average Bonchev–Trinajstić information content (AvgIpc) is 2.75. The van der Waals surface area contributed by atoms with E-state index in [-0.39, 0.29) is 24.7 Å². The molecule has 0 atom stereocenters. The normalized spacial score (nSPS) is 15.2. The van der Waals surface area contributed by atoms with E-state index in [1.165, 1.54) is 25.3 Å². The maximum atomic E-state index is 13.1. The van der Waals surface area contributed by atoms with E-state index in [9.17, 15) is 22.8 Å². The van der Waals surface area contributed by atoms with Crippen LogP contribution in [-0.4, -0.2) is 68.0 Å². The predicted molar refractivity (Wildman–Crippen MR) is 119 cm³/mol. The van der Waals surface area contributed by atoms with Gasteiger partial charge in [0.15, 0.2) is 0 Å². The van der Waals surface area contributed by atoms with Crippen LogP contribution < -0.4 is 15.4 Å². The quantitative estimate of drug-likeness (QED) is 0.659. The van der Waals surface area contributed by atoms with E-state index in [0.717, 1.165) is 11.6 Å². The lowest BCUT2D eigenvalue weighted by molar-refractivity contribution is -0.137. The Labute approximate surface area is 190 Å². The number of methoxy groups -OCH3 is 1. The third-order valence-electron chi connectivity index (χ3n) is 5.33. The molecule has 2 aromatic rings. The minimum Gasteiger partial charge on any atom is -0.495 e. The van der Waals surface area contributed by atoms with Gasteiger partial charge in [-0.2, -0.15) is 13.2 Å². The molecule has 0 unspecified atom stereocenters. The summed E-state index contributed by atoms with van der Waals surface area (Å²) in [6.45, 7) is 4.26. The van der Waals surface area contributed by atoms with Gasteiger partial charge in [0, 0.05) is 26.2 Å². The van der Waals surface area contributed by atoms with Crippen molar-refractivity contribution in [3.05, 3.63) is 53.6 Å². The van der Waals surface area contributed by atoms with Crippen LogP contribution in [0.5, 0.6) is 5.75 Å². The van der Waals surface area contributed by atoms with Gasteiger partial charge in [-0.1, -0.05) is 18.2 Å². The van der Waals surface area contributed by atoms with E-state index < -0.39 is 17.6 Å². The lowest BCUT2D eigenvalue weighted by Gasteiger charge is -2.33. The smallest absolute Gasteiger partial charge is 0.418 e. The number of benzene rings is 2. The van der Waals surface area contributed by atoms with Gasteiger partial charge >= 0.3 is 6.18 Å². The van der Waals surface area contributed by atoms with Crippen molar-refractivity contribution in [1.82, 2.24) is 9.80 Å². The van der Waals surface area contributed by atoms with Gasteiger partial charge in [-0.3, -0.25) is 19.4 Å². The van der Waals surface area contributed by atoms with E-state index in [1.807, 2.05) is 28.9 Å². The number of piperazine rings is 1. The van der Waals surface area contributed by atoms with E-state index in [0.29, 0.717) is 37.6 Å². The van der Waals surface area contributed by atoms with Crippen LogP contribution in [0.3, 0.4) is 0 Å². The van der Waals surface area contributed by atoms with Crippen LogP contribution in [-0.2, 0) is 15.8 Å². The second-order valence-electron chi connectivity index (χ2n) is 7.90.